The standard InChI is InChI=1S/C28H27N3O8/c1-16(32)37-25-15-36-28(27(39-18(3)34)26(25)38-17(2)33)31-13-20(29-30-31)14-35-24-12-19-8-4-5-9-21(19)22-10-6-7-11-23(22)24/h4-13,25-28H,14-15H2,1-3H3. The van der Waals surface area contributed by atoms with Crippen molar-refractivity contribution >= 4 is 39.5 Å². The fraction of sp³-hybridized carbons (Fsp3) is 0.321. The maximum Gasteiger partial charge on any atom is 0.303 e. The van der Waals surface area contributed by atoms with Gasteiger partial charge in [0.1, 0.15) is 18.1 Å². The molecular weight excluding hydrogens is 506 g/mol. The minimum absolute atomic E-state index is 0.108. The van der Waals surface area contributed by atoms with Crippen LogP contribution in [0.3, 0.4) is 0 Å². The molecule has 0 amide bonds. The molecule has 5 rings (SSSR count). The largest absolute Gasteiger partial charge is 0.486 e. The average molecular weight is 534 g/mol. The molecule has 1 fully saturated rings. The molecule has 0 spiro atoms. The lowest BCUT2D eigenvalue weighted by molar-refractivity contribution is -0.241. The molecule has 1 aliphatic rings. The number of nitrogens with zero attached hydrogens (tertiary/aromatic N) is 3. The topological polar surface area (TPSA) is 128 Å². The Morgan fingerprint density at radius 1 is 0.872 bits per heavy atom. The van der Waals surface area contributed by atoms with Crippen LogP contribution in [0.15, 0.2) is 60.8 Å². The Bertz CT molecular complexity index is 1530. The van der Waals surface area contributed by atoms with Crippen LogP contribution < -0.4 is 4.74 Å². The number of ether oxygens (including phenoxy) is 5. The van der Waals surface area contributed by atoms with Crippen LogP contribution >= 0.6 is 0 Å². The Hall–Kier alpha value is -4.51. The molecule has 11 heteroatoms. The van der Waals surface area contributed by atoms with Crippen LogP contribution in [-0.4, -0.2) is 57.8 Å². The summed E-state index contributed by atoms with van der Waals surface area (Å²) in [6.45, 7) is 3.64. The molecule has 3 aromatic carbocycles. The van der Waals surface area contributed by atoms with Crippen molar-refractivity contribution in [3.05, 3.63) is 66.5 Å². The third-order valence-electron chi connectivity index (χ3n) is 6.25. The summed E-state index contributed by atoms with van der Waals surface area (Å²) in [5.74, 6) is -1.17. The molecule has 202 valence electrons. The first-order chi connectivity index (χ1) is 18.8. The number of benzene rings is 3. The molecule has 4 aromatic rings. The van der Waals surface area contributed by atoms with Gasteiger partial charge in [-0.05, 0) is 22.2 Å². The van der Waals surface area contributed by atoms with Gasteiger partial charge in [0.15, 0.2) is 24.5 Å². The van der Waals surface area contributed by atoms with E-state index < -0.39 is 42.4 Å². The van der Waals surface area contributed by atoms with Crippen LogP contribution in [0.2, 0.25) is 0 Å². The van der Waals surface area contributed by atoms with Crippen LogP contribution in [0.5, 0.6) is 5.75 Å². The minimum atomic E-state index is -1.15. The van der Waals surface area contributed by atoms with E-state index in [1.54, 1.807) is 6.20 Å². The normalized spacial score (nSPS) is 20.9. The zero-order valence-electron chi connectivity index (χ0n) is 21.6. The summed E-state index contributed by atoms with van der Waals surface area (Å²) < 4.78 is 29.5. The van der Waals surface area contributed by atoms with Gasteiger partial charge in [-0.15, -0.1) is 5.10 Å². The number of esters is 3. The number of carbonyl (C=O) groups is 3. The smallest absolute Gasteiger partial charge is 0.303 e. The molecule has 2 heterocycles. The van der Waals surface area contributed by atoms with Crippen LogP contribution in [0.25, 0.3) is 21.5 Å². The van der Waals surface area contributed by atoms with E-state index in [1.165, 1.54) is 25.5 Å². The molecule has 4 atom stereocenters. The molecule has 0 radical (unpaired) electrons. The van der Waals surface area contributed by atoms with E-state index in [0.29, 0.717) is 11.4 Å². The van der Waals surface area contributed by atoms with Crippen molar-refractivity contribution < 1.29 is 38.1 Å². The van der Waals surface area contributed by atoms with Gasteiger partial charge in [0.2, 0.25) is 0 Å². The highest BCUT2D eigenvalue weighted by molar-refractivity contribution is 6.10. The lowest BCUT2D eigenvalue weighted by Crippen LogP contribution is -2.55. The van der Waals surface area contributed by atoms with E-state index in [-0.39, 0.29) is 13.2 Å². The lowest BCUT2D eigenvalue weighted by Gasteiger charge is -2.40. The fourth-order valence-electron chi connectivity index (χ4n) is 4.74. The first kappa shape index (κ1) is 26.1. The van der Waals surface area contributed by atoms with Gasteiger partial charge in [-0.1, -0.05) is 53.7 Å². The first-order valence-electron chi connectivity index (χ1n) is 12.4. The van der Waals surface area contributed by atoms with Crippen LogP contribution in [0.1, 0.15) is 32.7 Å². The minimum Gasteiger partial charge on any atom is -0.486 e. The van der Waals surface area contributed by atoms with E-state index >= 15 is 0 Å². The van der Waals surface area contributed by atoms with Crippen molar-refractivity contribution in [2.24, 2.45) is 0 Å². The number of fused-ring (bicyclic) bond motifs is 3. The van der Waals surface area contributed by atoms with Gasteiger partial charge in [0.25, 0.3) is 0 Å². The Kier molecular flexibility index (Phi) is 7.42. The van der Waals surface area contributed by atoms with Gasteiger partial charge in [0.05, 0.1) is 12.8 Å². The average Bonchev–Trinajstić information content (AvgIpc) is 3.37. The van der Waals surface area contributed by atoms with Crippen molar-refractivity contribution in [3.8, 4) is 5.75 Å². The zero-order valence-corrected chi connectivity index (χ0v) is 21.6. The lowest BCUT2D eigenvalue weighted by atomic mass is 10.0. The number of hydrogen-bond acceptors (Lipinski definition) is 10. The maximum absolute atomic E-state index is 11.9. The second-order valence-corrected chi connectivity index (χ2v) is 9.14. The van der Waals surface area contributed by atoms with E-state index in [2.05, 4.69) is 22.4 Å². The zero-order chi connectivity index (χ0) is 27.5. The van der Waals surface area contributed by atoms with Crippen LogP contribution in [-0.2, 0) is 39.9 Å². The molecule has 0 N–H and O–H groups in total. The highest BCUT2D eigenvalue weighted by Crippen LogP contribution is 2.34. The van der Waals surface area contributed by atoms with Gasteiger partial charge in [0, 0.05) is 26.2 Å². The van der Waals surface area contributed by atoms with E-state index in [1.807, 2.05) is 42.5 Å². The summed E-state index contributed by atoms with van der Waals surface area (Å²) in [5.41, 5.74) is 0.489. The predicted octanol–water partition coefficient (Wildman–Crippen LogP) is 3.49. The summed E-state index contributed by atoms with van der Waals surface area (Å²) in [6.07, 6.45) is -2.62. The Morgan fingerprint density at radius 2 is 1.51 bits per heavy atom. The van der Waals surface area contributed by atoms with Gasteiger partial charge in [-0.2, -0.15) is 0 Å². The Balaban J connectivity index is 1.39. The van der Waals surface area contributed by atoms with Crippen LogP contribution in [0.4, 0.5) is 0 Å². The van der Waals surface area contributed by atoms with Crippen molar-refractivity contribution in [1.29, 1.82) is 0 Å². The summed E-state index contributed by atoms with van der Waals surface area (Å²) in [5, 5.41) is 12.6. The summed E-state index contributed by atoms with van der Waals surface area (Å²) in [6, 6.07) is 18.1. The second kappa shape index (κ2) is 11.1. The van der Waals surface area contributed by atoms with E-state index in [4.69, 9.17) is 23.7 Å². The number of carbonyl (C=O) groups excluding carboxylic acids is 3. The third-order valence-corrected chi connectivity index (χ3v) is 6.25. The number of hydrogen-bond donors (Lipinski definition) is 0. The molecular formula is C28H27N3O8. The van der Waals surface area contributed by atoms with Crippen molar-refractivity contribution in [2.75, 3.05) is 6.61 Å². The number of rotatable bonds is 7. The summed E-state index contributed by atoms with van der Waals surface area (Å²) in [4.78, 5) is 35.3. The Morgan fingerprint density at radius 3 is 2.23 bits per heavy atom. The van der Waals surface area contributed by atoms with Crippen molar-refractivity contribution in [3.63, 3.8) is 0 Å². The highest BCUT2D eigenvalue weighted by Gasteiger charge is 2.48. The predicted molar refractivity (Wildman–Crippen MR) is 137 cm³/mol. The number of aromatic nitrogens is 3. The van der Waals surface area contributed by atoms with Gasteiger partial charge < -0.3 is 23.7 Å². The first-order valence-corrected chi connectivity index (χ1v) is 12.4. The monoisotopic (exact) mass is 533 g/mol. The van der Waals surface area contributed by atoms with Crippen molar-refractivity contribution in [2.45, 2.75) is 51.9 Å². The van der Waals surface area contributed by atoms with Crippen molar-refractivity contribution in [1.82, 2.24) is 15.0 Å². The summed E-state index contributed by atoms with van der Waals surface area (Å²) in [7, 11) is 0. The molecule has 4 unspecified atom stereocenters. The maximum atomic E-state index is 11.9. The fourth-order valence-corrected chi connectivity index (χ4v) is 4.74. The molecule has 1 aromatic heterocycles. The Labute approximate surface area is 223 Å². The molecule has 39 heavy (non-hydrogen) atoms. The van der Waals surface area contributed by atoms with Gasteiger partial charge >= 0.3 is 17.9 Å². The SMILES string of the molecule is CC(=O)OC1COC(n2cc(COc3cc4ccccc4c4ccccc34)nn2)C(OC(C)=O)C1OC(C)=O. The van der Waals surface area contributed by atoms with E-state index in [0.717, 1.165) is 21.5 Å². The van der Waals surface area contributed by atoms with Crippen LogP contribution in [0, 0.1) is 0 Å². The molecule has 0 aliphatic carbocycles. The second-order valence-electron chi connectivity index (χ2n) is 9.14. The highest BCUT2D eigenvalue weighted by atomic mass is 16.6. The third kappa shape index (κ3) is 5.68. The molecule has 1 saturated heterocycles. The van der Waals surface area contributed by atoms with Gasteiger partial charge in [-0.25, -0.2) is 4.68 Å². The van der Waals surface area contributed by atoms with E-state index in [9.17, 15) is 14.4 Å². The van der Waals surface area contributed by atoms with Gasteiger partial charge in [-0.3, -0.25) is 14.4 Å². The molecule has 0 bridgehead atoms. The molecule has 1 aliphatic heterocycles. The molecule has 0 saturated carbocycles. The quantitative estimate of drug-likeness (QED) is 0.198. The summed E-state index contributed by atoms with van der Waals surface area (Å²) >= 11 is 0. The molecule has 11 nitrogen and oxygen atoms in total.